The van der Waals surface area contributed by atoms with Crippen LogP contribution in [0.15, 0.2) is 12.3 Å². The number of carbonyl (C=O) groups excluding carboxylic acids is 2. The van der Waals surface area contributed by atoms with Gasteiger partial charge in [-0.15, -0.1) is 0 Å². The predicted molar refractivity (Wildman–Crippen MR) is 66.9 cm³/mol. The van der Waals surface area contributed by atoms with Gasteiger partial charge in [0.2, 0.25) is 11.8 Å². The molecule has 0 radical (unpaired) electrons. The van der Waals surface area contributed by atoms with Crippen LogP contribution in [0.4, 0.5) is 0 Å². The van der Waals surface area contributed by atoms with E-state index in [0.717, 1.165) is 18.5 Å². The van der Waals surface area contributed by atoms with E-state index in [1.54, 1.807) is 12.3 Å². The third-order valence-corrected chi connectivity index (χ3v) is 3.46. The standard InChI is InChI=1S/C13H16N4O2/c1-8-14-5-4-9(16-8)7-15-11-6-12(18)17(13(11)19)10-2-3-10/h4-5,10-11,15H,2-3,6-7H2,1H3. The minimum Gasteiger partial charge on any atom is -0.300 e. The lowest BCUT2D eigenvalue weighted by Crippen LogP contribution is -2.39. The maximum absolute atomic E-state index is 12.1. The largest absolute Gasteiger partial charge is 0.300 e. The summed E-state index contributed by atoms with van der Waals surface area (Å²) in [5.74, 6) is 0.565. The number of carbonyl (C=O) groups is 2. The molecule has 2 fully saturated rings. The van der Waals surface area contributed by atoms with Crippen molar-refractivity contribution in [2.24, 2.45) is 0 Å². The van der Waals surface area contributed by atoms with Gasteiger partial charge in [0.05, 0.1) is 18.2 Å². The summed E-state index contributed by atoms with van der Waals surface area (Å²) in [6.07, 6.45) is 3.86. The SMILES string of the molecule is Cc1nccc(CNC2CC(=O)N(C3CC3)C2=O)n1. The topological polar surface area (TPSA) is 75.2 Å². The van der Waals surface area contributed by atoms with Crippen LogP contribution < -0.4 is 5.32 Å². The van der Waals surface area contributed by atoms with E-state index in [9.17, 15) is 9.59 Å². The van der Waals surface area contributed by atoms with Gasteiger partial charge in [0.25, 0.3) is 0 Å². The van der Waals surface area contributed by atoms with Crippen LogP contribution in [0.3, 0.4) is 0 Å². The fourth-order valence-electron chi connectivity index (χ4n) is 2.36. The van der Waals surface area contributed by atoms with Crippen LogP contribution in [-0.4, -0.2) is 38.8 Å². The lowest BCUT2D eigenvalue weighted by molar-refractivity contribution is -0.139. The third kappa shape index (κ3) is 2.49. The highest BCUT2D eigenvalue weighted by atomic mass is 16.2. The van der Waals surface area contributed by atoms with Gasteiger partial charge < -0.3 is 0 Å². The smallest absolute Gasteiger partial charge is 0.247 e. The number of aryl methyl sites for hydroxylation is 1. The zero-order chi connectivity index (χ0) is 13.4. The van der Waals surface area contributed by atoms with Gasteiger partial charge in [0.1, 0.15) is 5.82 Å². The molecular formula is C13H16N4O2. The molecule has 100 valence electrons. The molecule has 2 heterocycles. The van der Waals surface area contributed by atoms with Crippen LogP contribution in [0.1, 0.15) is 30.8 Å². The summed E-state index contributed by atoms with van der Waals surface area (Å²) >= 11 is 0. The average Bonchev–Trinajstić information content (AvgIpc) is 3.15. The van der Waals surface area contributed by atoms with Crippen LogP contribution in [0.2, 0.25) is 0 Å². The van der Waals surface area contributed by atoms with Crippen molar-refractivity contribution in [3.63, 3.8) is 0 Å². The summed E-state index contributed by atoms with van der Waals surface area (Å²) < 4.78 is 0. The Hall–Kier alpha value is -1.82. The Morgan fingerprint density at radius 2 is 2.21 bits per heavy atom. The molecule has 0 aromatic carbocycles. The molecule has 6 nitrogen and oxygen atoms in total. The number of aromatic nitrogens is 2. The molecular weight excluding hydrogens is 244 g/mol. The van der Waals surface area contributed by atoms with E-state index < -0.39 is 6.04 Å². The molecule has 1 aliphatic carbocycles. The minimum absolute atomic E-state index is 0.0520. The summed E-state index contributed by atoms with van der Waals surface area (Å²) in [5, 5.41) is 3.12. The number of hydrogen-bond donors (Lipinski definition) is 1. The van der Waals surface area contributed by atoms with Crippen LogP contribution in [0.5, 0.6) is 0 Å². The number of nitrogens with zero attached hydrogens (tertiary/aromatic N) is 3. The number of amides is 2. The fourth-order valence-corrected chi connectivity index (χ4v) is 2.36. The Bertz CT molecular complexity index is 527. The van der Waals surface area contributed by atoms with Crippen molar-refractivity contribution in [3.8, 4) is 0 Å². The summed E-state index contributed by atoms with van der Waals surface area (Å²) in [6.45, 7) is 2.30. The maximum Gasteiger partial charge on any atom is 0.247 e. The Morgan fingerprint density at radius 3 is 2.89 bits per heavy atom. The molecule has 2 amide bonds. The van der Waals surface area contributed by atoms with Crippen LogP contribution in [-0.2, 0) is 16.1 Å². The Balaban J connectivity index is 1.61. The lowest BCUT2D eigenvalue weighted by atomic mass is 10.2. The highest BCUT2D eigenvalue weighted by molar-refractivity contribution is 6.06. The Kier molecular flexibility index (Phi) is 3.02. The average molecular weight is 260 g/mol. The minimum atomic E-state index is -0.400. The molecule has 3 rings (SSSR count). The van der Waals surface area contributed by atoms with Gasteiger partial charge in [-0.25, -0.2) is 9.97 Å². The normalized spacial score (nSPS) is 23.2. The molecule has 1 N–H and O–H groups in total. The first kappa shape index (κ1) is 12.2. The van der Waals surface area contributed by atoms with Gasteiger partial charge in [-0.05, 0) is 25.8 Å². The van der Waals surface area contributed by atoms with E-state index in [0.29, 0.717) is 12.4 Å². The van der Waals surface area contributed by atoms with Crippen molar-refractivity contribution in [2.75, 3.05) is 0 Å². The van der Waals surface area contributed by atoms with Crippen LogP contribution >= 0.6 is 0 Å². The number of likely N-dealkylation sites (tertiary alicyclic amines) is 1. The van der Waals surface area contributed by atoms with E-state index in [1.807, 2.05) is 6.92 Å². The van der Waals surface area contributed by atoms with Crippen molar-refractivity contribution in [1.29, 1.82) is 0 Å². The highest BCUT2D eigenvalue weighted by Crippen LogP contribution is 2.31. The molecule has 1 saturated heterocycles. The second-order valence-electron chi connectivity index (χ2n) is 5.07. The molecule has 1 atom stereocenters. The van der Waals surface area contributed by atoms with Gasteiger partial charge >= 0.3 is 0 Å². The molecule has 0 spiro atoms. The van der Waals surface area contributed by atoms with Crippen molar-refractivity contribution >= 4 is 11.8 Å². The van der Waals surface area contributed by atoms with E-state index >= 15 is 0 Å². The van der Waals surface area contributed by atoms with Gasteiger partial charge in [-0.2, -0.15) is 0 Å². The van der Waals surface area contributed by atoms with Gasteiger partial charge in [0, 0.05) is 18.8 Å². The monoisotopic (exact) mass is 260 g/mol. The molecule has 1 saturated carbocycles. The first-order valence-electron chi connectivity index (χ1n) is 6.53. The summed E-state index contributed by atoms with van der Waals surface area (Å²) in [6, 6.07) is 1.57. The highest BCUT2D eigenvalue weighted by Gasteiger charge is 2.45. The molecule has 19 heavy (non-hydrogen) atoms. The number of hydrogen-bond acceptors (Lipinski definition) is 5. The third-order valence-electron chi connectivity index (χ3n) is 3.46. The van der Waals surface area contributed by atoms with Crippen molar-refractivity contribution < 1.29 is 9.59 Å². The van der Waals surface area contributed by atoms with E-state index in [4.69, 9.17) is 0 Å². The Morgan fingerprint density at radius 1 is 1.42 bits per heavy atom. The fraction of sp³-hybridized carbons (Fsp3) is 0.538. The zero-order valence-electron chi connectivity index (χ0n) is 10.8. The molecule has 1 unspecified atom stereocenters. The second-order valence-corrected chi connectivity index (χ2v) is 5.07. The van der Waals surface area contributed by atoms with Crippen molar-refractivity contribution in [2.45, 2.75) is 44.8 Å². The number of imide groups is 1. The van der Waals surface area contributed by atoms with E-state index in [2.05, 4.69) is 15.3 Å². The molecule has 1 aromatic heterocycles. The van der Waals surface area contributed by atoms with Crippen LogP contribution in [0, 0.1) is 6.92 Å². The summed E-state index contributed by atoms with van der Waals surface area (Å²) in [7, 11) is 0. The van der Waals surface area contributed by atoms with Gasteiger partial charge in [-0.1, -0.05) is 0 Å². The molecule has 2 aliphatic rings. The predicted octanol–water partition coefficient (Wildman–Crippen LogP) is 0.165. The van der Waals surface area contributed by atoms with E-state index in [-0.39, 0.29) is 24.3 Å². The first-order valence-corrected chi connectivity index (χ1v) is 6.53. The quantitative estimate of drug-likeness (QED) is 0.781. The van der Waals surface area contributed by atoms with E-state index in [1.165, 1.54) is 4.90 Å². The van der Waals surface area contributed by atoms with Gasteiger partial charge in [-0.3, -0.25) is 19.8 Å². The maximum atomic E-state index is 12.1. The van der Waals surface area contributed by atoms with Crippen molar-refractivity contribution in [1.82, 2.24) is 20.2 Å². The zero-order valence-corrected chi connectivity index (χ0v) is 10.8. The number of rotatable bonds is 4. The summed E-state index contributed by atoms with van der Waals surface area (Å²) in [4.78, 5) is 33.6. The molecule has 1 aromatic rings. The molecule has 6 heteroatoms. The summed E-state index contributed by atoms with van der Waals surface area (Å²) in [5.41, 5.74) is 0.831. The lowest BCUT2D eigenvalue weighted by Gasteiger charge is -2.14. The van der Waals surface area contributed by atoms with Crippen LogP contribution in [0.25, 0.3) is 0 Å². The second kappa shape index (κ2) is 4.70. The number of nitrogens with one attached hydrogen (secondary N) is 1. The van der Waals surface area contributed by atoms with Crippen molar-refractivity contribution in [3.05, 3.63) is 23.8 Å². The molecule has 0 bridgehead atoms. The molecule has 1 aliphatic heterocycles. The Labute approximate surface area is 111 Å². The first-order chi connectivity index (χ1) is 9.15. The van der Waals surface area contributed by atoms with Gasteiger partial charge in [0.15, 0.2) is 0 Å².